The number of nitrogens with one attached hydrogen (secondary N) is 1. The van der Waals surface area contributed by atoms with Crippen molar-refractivity contribution in [3.8, 4) is 0 Å². The lowest BCUT2D eigenvalue weighted by Gasteiger charge is -2.25. The molecule has 0 spiro atoms. The van der Waals surface area contributed by atoms with Crippen LogP contribution < -0.4 is 9.62 Å². The third-order valence-corrected chi connectivity index (χ3v) is 6.53. The molecule has 2 aromatic carbocycles. The van der Waals surface area contributed by atoms with Crippen molar-refractivity contribution in [3.63, 3.8) is 0 Å². The molecule has 0 saturated carbocycles. The smallest absolute Gasteiger partial charge is 0.264 e. The minimum atomic E-state index is -4.00. The summed E-state index contributed by atoms with van der Waals surface area (Å²) in [6.07, 6.45) is 1.79. The van der Waals surface area contributed by atoms with Gasteiger partial charge >= 0.3 is 0 Å². The van der Waals surface area contributed by atoms with Gasteiger partial charge in [-0.25, -0.2) is 8.42 Å². The number of amides is 1. The Kier molecular flexibility index (Phi) is 6.82. The third-order valence-electron chi connectivity index (χ3n) is 4.30. The summed E-state index contributed by atoms with van der Waals surface area (Å²) in [6, 6.07) is 12.3. The topological polar surface area (TPSA) is 75.7 Å². The minimum absolute atomic E-state index is 0.0382. The molecule has 1 atom stereocenters. The number of halogens is 2. The summed E-state index contributed by atoms with van der Waals surface area (Å²) in [5.74, 6) is -0.439. The highest BCUT2D eigenvalue weighted by atomic mass is 35.5. The monoisotopic (exact) mass is 442 g/mol. The van der Waals surface area contributed by atoms with E-state index in [0.29, 0.717) is 13.2 Å². The van der Waals surface area contributed by atoms with Crippen LogP contribution in [0.4, 0.5) is 5.69 Å². The van der Waals surface area contributed by atoms with Gasteiger partial charge in [-0.3, -0.25) is 9.10 Å². The maximum atomic E-state index is 13.2. The van der Waals surface area contributed by atoms with E-state index in [1.165, 1.54) is 30.3 Å². The Balaban J connectivity index is 1.87. The lowest BCUT2D eigenvalue weighted by atomic mass is 10.2. The van der Waals surface area contributed by atoms with Crippen molar-refractivity contribution in [1.29, 1.82) is 0 Å². The summed E-state index contributed by atoms with van der Waals surface area (Å²) in [5.41, 5.74) is 0.216. The van der Waals surface area contributed by atoms with E-state index in [1.54, 1.807) is 18.2 Å². The van der Waals surface area contributed by atoms with Gasteiger partial charge in [0.2, 0.25) is 5.91 Å². The summed E-state index contributed by atoms with van der Waals surface area (Å²) in [6.45, 7) is 0.616. The van der Waals surface area contributed by atoms with Crippen molar-refractivity contribution in [2.24, 2.45) is 0 Å². The van der Waals surface area contributed by atoms with Crippen molar-refractivity contribution in [3.05, 3.63) is 58.6 Å². The number of nitrogens with zero attached hydrogens (tertiary/aromatic N) is 1. The first-order valence-electron chi connectivity index (χ1n) is 8.78. The van der Waals surface area contributed by atoms with Crippen LogP contribution in [0.25, 0.3) is 0 Å². The van der Waals surface area contributed by atoms with Crippen LogP contribution in [0.2, 0.25) is 10.0 Å². The molecule has 3 rings (SSSR count). The fourth-order valence-corrected chi connectivity index (χ4v) is 4.88. The standard InChI is InChI=1S/C19H20Cl2N2O4S/c20-14-9-15(21)11-16(10-14)23(28(25,26)18-6-2-1-3-7-18)13-19(24)22-12-17-5-4-8-27-17/h1-3,6-7,9-11,17H,4-5,8,12-13H2,(H,22,24)/t17-/m0/s1. The van der Waals surface area contributed by atoms with Crippen LogP contribution in [0.5, 0.6) is 0 Å². The van der Waals surface area contributed by atoms with Gasteiger partial charge in [-0.05, 0) is 43.2 Å². The van der Waals surface area contributed by atoms with Crippen molar-refractivity contribution in [1.82, 2.24) is 5.32 Å². The molecule has 0 aromatic heterocycles. The molecular weight excluding hydrogens is 423 g/mol. The van der Waals surface area contributed by atoms with Gasteiger partial charge in [-0.15, -0.1) is 0 Å². The van der Waals surface area contributed by atoms with Crippen molar-refractivity contribution in [2.75, 3.05) is 24.0 Å². The molecule has 1 saturated heterocycles. The molecule has 0 aliphatic carbocycles. The van der Waals surface area contributed by atoms with Gasteiger partial charge < -0.3 is 10.1 Å². The summed E-state index contributed by atoms with van der Waals surface area (Å²) >= 11 is 12.1. The van der Waals surface area contributed by atoms with Crippen molar-refractivity contribution >= 4 is 44.8 Å². The number of carbonyl (C=O) groups is 1. The fourth-order valence-electron chi connectivity index (χ4n) is 2.94. The van der Waals surface area contributed by atoms with Gasteiger partial charge in [-0.1, -0.05) is 41.4 Å². The van der Waals surface area contributed by atoms with E-state index < -0.39 is 22.5 Å². The quantitative estimate of drug-likeness (QED) is 0.711. The number of benzene rings is 2. The number of rotatable bonds is 7. The Morgan fingerprint density at radius 1 is 1.14 bits per heavy atom. The lowest BCUT2D eigenvalue weighted by Crippen LogP contribution is -2.42. The van der Waals surface area contributed by atoms with Gasteiger partial charge in [0.1, 0.15) is 6.54 Å². The van der Waals surface area contributed by atoms with Crippen molar-refractivity contribution < 1.29 is 17.9 Å². The minimum Gasteiger partial charge on any atom is -0.376 e. The zero-order valence-electron chi connectivity index (χ0n) is 15.0. The van der Waals surface area contributed by atoms with Crippen LogP contribution in [-0.4, -0.2) is 40.1 Å². The maximum absolute atomic E-state index is 13.2. The van der Waals surface area contributed by atoms with E-state index in [1.807, 2.05) is 0 Å². The van der Waals surface area contributed by atoms with Crippen LogP contribution in [0.1, 0.15) is 12.8 Å². The van der Waals surface area contributed by atoms with E-state index in [9.17, 15) is 13.2 Å². The average molecular weight is 443 g/mol. The second-order valence-corrected chi connectivity index (χ2v) is 9.13. The van der Waals surface area contributed by atoms with Gasteiger partial charge in [0, 0.05) is 23.2 Å². The molecule has 150 valence electrons. The van der Waals surface area contributed by atoms with E-state index in [2.05, 4.69) is 5.32 Å². The number of sulfonamides is 1. The van der Waals surface area contributed by atoms with E-state index in [0.717, 1.165) is 17.1 Å². The molecule has 0 unspecified atom stereocenters. The maximum Gasteiger partial charge on any atom is 0.264 e. The molecule has 9 heteroatoms. The Bertz CT molecular complexity index is 912. The third kappa shape index (κ3) is 5.17. The molecule has 1 fully saturated rings. The number of hydrogen-bond donors (Lipinski definition) is 1. The van der Waals surface area contributed by atoms with Gasteiger partial charge in [0.05, 0.1) is 16.7 Å². The summed E-state index contributed by atoms with van der Waals surface area (Å²) in [4.78, 5) is 12.6. The largest absolute Gasteiger partial charge is 0.376 e. The summed E-state index contributed by atoms with van der Waals surface area (Å²) in [5, 5.41) is 3.29. The second kappa shape index (κ2) is 9.13. The molecule has 1 aliphatic rings. The van der Waals surface area contributed by atoms with Crippen LogP contribution >= 0.6 is 23.2 Å². The highest BCUT2D eigenvalue weighted by Gasteiger charge is 2.28. The Morgan fingerprint density at radius 3 is 2.43 bits per heavy atom. The Hall–Kier alpha value is -1.80. The first kappa shape index (κ1) is 20.9. The van der Waals surface area contributed by atoms with E-state index >= 15 is 0 Å². The second-order valence-electron chi connectivity index (χ2n) is 6.39. The Morgan fingerprint density at radius 2 is 1.82 bits per heavy atom. The predicted octanol–water partition coefficient (Wildman–Crippen LogP) is 3.48. The molecule has 1 heterocycles. The summed E-state index contributed by atoms with van der Waals surface area (Å²) in [7, 11) is -4.00. The fraction of sp³-hybridized carbons (Fsp3) is 0.316. The SMILES string of the molecule is O=C(CN(c1cc(Cl)cc(Cl)c1)S(=O)(=O)c1ccccc1)NC[C@@H]1CCCO1. The molecule has 0 bridgehead atoms. The van der Waals surface area contributed by atoms with Crippen LogP contribution in [-0.2, 0) is 19.6 Å². The van der Waals surface area contributed by atoms with Gasteiger partial charge in [0.15, 0.2) is 0 Å². The average Bonchev–Trinajstić information content (AvgIpc) is 3.18. The molecule has 1 aliphatic heterocycles. The predicted molar refractivity (Wildman–Crippen MR) is 109 cm³/mol. The molecule has 6 nitrogen and oxygen atoms in total. The highest BCUT2D eigenvalue weighted by Crippen LogP contribution is 2.29. The van der Waals surface area contributed by atoms with Crippen LogP contribution in [0.15, 0.2) is 53.4 Å². The first-order chi connectivity index (χ1) is 13.4. The lowest BCUT2D eigenvalue weighted by molar-refractivity contribution is -0.120. The summed E-state index contributed by atoms with van der Waals surface area (Å²) < 4.78 is 32.9. The van der Waals surface area contributed by atoms with Crippen LogP contribution in [0.3, 0.4) is 0 Å². The van der Waals surface area contributed by atoms with E-state index in [-0.39, 0.29) is 26.7 Å². The molecule has 28 heavy (non-hydrogen) atoms. The molecule has 0 radical (unpaired) electrons. The molecule has 1 amide bonds. The van der Waals surface area contributed by atoms with Gasteiger partial charge in [0.25, 0.3) is 10.0 Å². The normalized spacial score (nSPS) is 16.7. The van der Waals surface area contributed by atoms with Gasteiger partial charge in [-0.2, -0.15) is 0 Å². The first-order valence-corrected chi connectivity index (χ1v) is 11.0. The zero-order valence-corrected chi connectivity index (χ0v) is 17.3. The molecular formula is C19H20Cl2N2O4S. The number of carbonyl (C=O) groups excluding carboxylic acids is 1. The van der Waals surface area contributed by atoms with Crippen molar-refractivity contribution in [2.45, 2.75) is 23.8 Å². The molecule has 1 N–H and O–H groups in total. The zero-order chi connectivity index (χ0) is 20.1. The Labute approximate surface area is 174 Å². The van der Waals surface area contributed by atoms with Crippen LogP contribution in [0, 0.1) is 0 Å². The molecule has 2 aromatic rings. The number of anilines is 1. The number of hydrogen-bond acceptors (Lipinski definition) is 4. The van der Waals surface area contributed by atoms with E-state index in [4.69, 9.17) is 27.9 Å². The number of ether oxygens (including phenoxy) is 1. The highest BCUT2D eigenvalue weighted by molar-refractivity contribution is 7.92.